The monoisotopic (exact) mass is 256 g/mol. The van der Waals surface area contributed by atoms with Gasteiger partial charge in [0.1, 0.15) is 6.04 Å². The van der Waals surface area contributed by atoms with Gasteiger partial charge in [0, 0.05) is 0 Å². The van der Waals surface area contributed by atoms with Crippen molar-refractivity contribution in [3.8, 4) is 0 Å². The first-order valence-corrected chi connectivity index (χ1v) is 6.46. The minimum absolute atomic E-state index is 0.231. The van der Waals surface area contributed by atoms with E-state index in [1.165, 1.54) is 7.11 Å². The van der Waals surface area contributed by atoms with Crippen molar-refractivity contribution in [1.82, 2.24) is 5.32 Å². The van der Waals surface area contributed by atoms with E-state index in [1.54, 1.807) is 6.92 Å². The molecule has 0 aromatic rings. The van der Waals surface area contributed by atoms with Crippen molar-refractivity contribution in [3.63, 3.8) is 0 Å². The summed E-state index contributed by atoms with van der Waals surface area (Å²) in [5, 5.41) is 2.72. The summed E-state index contributed by atoms with van der Waals surface area (Å²) in [6, 6.07) is -0.607. The summed E-state index contributed by atoms with van der Waals surface area (Å²) in [6.45, 7) is 5.71. The van der Waals surface area contributed by atoms with E-state index in [0.29, 0.717) is 12.3 Å². The third-order valence-electron chi connectivity index (χ3n) is 3.41. The number of nitrogens with one attached hydrogen (secondary N) is 1. The van der Waals surface area contributed by atoms with Gasteiger partial charge in [-0.1, -0.05) is 13.8 Å². The second kappa shape index (κ2) is 5.69. The van der Waals surface area contributed by atoms with Gasteiger partial charge in [-0.2, -0.15) is 0 Å². The van der Waals surface area contributed by atoms with Gasteiger partial charge < -0.3 is 15.8 Å². The number of nitrogens with two attached hydrogens (primary N) is 1. The smallest absolute Gasteiger partial charge is 0.328 e. The Kier molecular flexibility index (Phi) is 4.73. The first kappa shape index (κ1) is 15.0. The molecule has 0 bridgehead atoms. The predicted molar refractivity (Wildman–Crippen MR) is 68.7 cm³/mol. The van der Waals surface area contributed by atoms with Crippen molar-refractivity contribution in [3.05, 3.63) is 0 Å². The van der Waals surface area contributed by atoms with Crippen molar-refractivity contribution in [2.45, 2.75) is 51.6 Å². The molecule has 104 valence electrons. The molecular weight excluding hydrogens is 232 g/mol. The number of carbonyl (C=O) groups is 2. The van der Waals surface area contributed by atoms with Crippen molar-refractivity contribution < 1.29 is 14.3 Å². The Morgan fingerprint density at radius 1 is 1.44 bits per heavy atom. The lowest BCUT2D eigenvalue weighted by atomic mass is 9.95. The van der Waals surface area contributed by atoms with E-state index in [-0.39, 0.29) is 11.8 Å². The van der Waals surface area contributed by atoms with Gasteiger partial charge in [-0.3, -0.25) is 4.79 Å². The Morgan fingerprint density at radius 2 is 2.00 bits per heavy atom. The number of rotatable bonds is 6. The molecule has 5 nitrogen and oxygen atoms in total. The van der Waals surface area contributed by atoms with Crippen molar-refractivity contribution in [1.29, 1.82) is 0 Å². The Labute approximate surface area is 108 Å². The second-order valence-corrected chi connectivity index (χ2v) is 5.74. The van der Waals surface area contributed by atoms with Crippen LogP contribution in [0, 0.1) is 11.8 Å². The number of methoxy groups -OCH3 is 1. The Bertz CT molecular complexity index is 322. The Hall–Kier alpha value is -1.10. The fourth-order valence-electron chi connectivity index (χ4n) is 2.01. The van der Waals surface area contributed by atoms with Crippen LogP contribution in [0.25, 0.3) is 0 Å². The third kappa shape index (κ3) is 3.70. The van der Waals surface area contributed by atoms with Crippen LogP contribution >= 0.6 is 0 Å². The van der Waals surface area contributed by atoms with Crippen molar-refractivity contribution >= 4 is 11.9 Å². The van der Waals surface area contributed by atoms with E-state index < -0.39 is 17.6 Å². The molecule has 0 radical (unpaired) electrons. The molecular formula is C13H24N2O3. The molecule has 1 unspecified atom stereocenters. The summed E-state index contributed by atoms with van der Waals surface area (Å²) in [5.74, 6) is -0.154. The molecule has 5 heteroatoms. The van der Waals surface area contributed by atoms with Gasteiger partial charge in [0.05, 0.1) is 12.6 Å². The summed E-state index contributed by atoms with van der Waals surface area (Å²) in [5.41, 5.74) is 5.14. The SMILES string of the molecule is COC(=O)[C@H](CC(C)C)NC(=O)C(C)(N)C1CC1. The largest absolute Gasteiger partial charge is 0.467 e. The fourth-order valence-corrected chi connectivity index (χ4v) is 2.01. The number of ether oxygens (including phenoxy) is 1. The van der Waals surface area contributed by atoms with Crippen LogP contribution in [0.5, 0.6) is 0 Å². The minimum Gasteiger partial charge on any atom is -0.467 e. The van der Waals surface area contributed by atoms with E-state index in [4.69, 9.17) is 10.5 Å². The zero-order valence-electron chi connectivity index (χ0n) is 11.7. The maximum atomic E-state index is 12.1. The van der Waals surface area contributed by atoms with E-state index in [1.807, 2.05) is 13.8 Å². The van der Waals surface area contributed by atoms with E-state index in [0.717, 1.165) is 12.8 Å². The highest BCUT2D eigenvalue weighted by atomic mass is 16.5. The van der Waals surface area contributed by atoms with Gasteiger partial charge >= 0.3 is 5.97 Å². The molecule has 0 aromatic heterocycles. The standard InChI is InChI=1S/C13H24N2O3/c1-8(2)7-10(11(16)18-4)15-12(17)13(3,14)9-5-6-9/h8-10H,5-7,14H2,1-4H3,(H,15,17)/t10-,13?/m0/s1. The van der Waals surface area contributed by atoms with Crippen molar-refractivity contribution in [2.24, 2.45) is 17.6 Å². The fraction of sp³-hybridized carbons (Fsp3) is 0.846. The van der Waals surface area contributed by atoms with Crippen LogP contribution < -0.4 is 11.1 Å². The average Bonchev–Trinajstić information content (AvgIpc) is 3.10. The highest BCUT2D eigenvalue weighted by molar-refractivity contribution is 5.90. The van der Waals surface area contributed by atoms with Crippen LogP contribution in [-0.4, -0.2) is 30.6 Å². The molecule has 1 aliphatic rings. The molecule has 0 heterocycles. The van der Waals surface area contributed by atoms with Gasteiger partial charge in [0.25, 0.3) is 0 Å². The zero-order valence-corrected chi connectivity index (χ0v) is 11.7. The van der Waals surface area contributed by atoms with Crippen LogP contribution in [0.4, 0.5) is 0 Å². The third-order valence-corrected chi connectivity index (χ3v) is 3.41. The molecule has 1 saturated carbocycles. The Morgan fingerprint density at radius 3 is 2.39 bits per heavy atom. The molecule has 1 amide bonds. The van der Waals surface area contributed by atoms with Gasteiger partial charge in [0.2, 0.25) is 5.91 Å². The number of amides is 1. The quantitative estimate of drug-likeness (QED) is 0.689. The van der Waals surface area contributed by atoms with Crippen LogP contribution in [0.15, 0.2) is 0 Å². The topological polar surface area (TPSA) is 81.4 Å². The lowest BCUT2D eigenvalue weighted by Crippen LogP contribution is -2.57. The van der Waals surface area contributed by atoms with Crippen LogP contribution in [-0.2, 0) is 14.3 Å². The number of carbonyl (C=O) groups excluding carboxylic acids is 2. The van der Waals surface area contributed by atoms with Crippen molar-refractivity contribution in [2.75, 3.05) is 7.11 Å². The molecule has 1 fully saturated rings. The lowest BCUT2D eigenvalue weighted by molar-refractivity contribution is -0.146. The highest BCUT2D eigenvalue weighted by Gasteiger charge is 2.45. The highest BCUT2D eigenvalue weighted by Crippen LogP contribution is 2.38. The molecule has 18 heavy (non-hydrogen) atoms. The molecule has 0 spiro atoms. The van der Waals surface area contributed by atoms with E-state index >= 15 is 0 Å². The summed E-state index contributed by atoms with van der Waals surface area (Å²) in [6.07, 6.45) is 2.51. The maximum Gasteiger partial charge on any atom is 0.328 e. The molecule has 2 atom stereocenters. The van der Waals surface area contributed by atoms with E-state index in [2.05, 4.69) is 5.32 Å². The summed E-state index contributed by atoms with van der Waals surface area (Å²) < 4.78 is 4.71. The molecule has 1 rings (SSSR count). The molecule has 0 aromatic carbocycles. The second-order valence-electron chi connectivity index (χ2n) is 5.74. The van der Waals surface area contributed by atoms with E-state index in [9.17, 15) is 9.59 Å². The van der Waals surface area contributed by atoms with Crippen LogP contribution in [0.3, 0.4) is 0 Å². The molecule has 0 saturated heterocycles. The minimum atomic E-state index is -0.886. The number of hydrogen-bond acceptors (Lipinski definition) is 4. The average molecular weight is 256 g/mol. The summed E-state index contributed by atoms with van der Waals surface area (Å²) >= 11 is 0. The summed E-state index contributed by atoms with van der Waals surface area (Å²) in [7, 11) is 1.32. The van der Waals surface area contributed by atoms with Gasteiger partial charge in [-0.15, -0.1) is 0 Å². The summed E-state index contributed by atoms with van der Waals surface area (Å²) in [4.78, 5) is 23.7. The van der Waals surface area contributed by atoms with Gasteiger partial charge in [0.15, 0.2) is 0 Å². The van der Waals surface area contributed by atoms with Crippen LogP contribution in [0.2, 0.25) is 0 Å². The predicted octanol–water partition coefficient (Wildman–Crippen LogP) is 0.818. The normalized spacial score (nSPS) is 20.1. The number of esters is 1. The van der Waals surface area contributed by atoms with Gasteiger partial charge in [-0.05, 0) is 38.0 Å². The van der Waals surface area contributed by atoms with Crippen LogP contribution in [0.1, 0.15) is 40.0 Å². The molecule has 1 aliphatic carbocycles. The number of hydrogen-bond donors (Lipinski definition) is 2. The molecule has 3 N–H and O–H groups in total. The zero-order chi connectivity index (χ0) is 13.9. The van der Waals surface area contributed by atoms with Gasteiger partial charge in [-0.25, -0.2) is 4.79 Å². The molecule has 0 aliphatic heterocycles. The lowest BCUT2D eigenvalue weighted by Gasteiger charge is -2.26. The maximum absolute atomic E-state index is 12.1. The Balaban J connectivity index is 2.64. The first-order chi connectivity index (χ1) is 8.28. The first-order valence-electron chi connectivity index (χ1n) is 6.46.